The molecule has 32 heavy (non-hydrogen) atoms. The maximum absolute atomic E-state index is 14.2. The van der Waals surface area contributed by atoms with E-state index in [2.05, 4.69) is 16.9 Å². The van der Waals surface area contributed by atoms with Crippen molar-refractivity contribution < 1.29 is 18.7 Å². The molecule has 3 rings (SSSR count). The number of piperidine rings is 1. The number of halogens is 2. The Hall–Kier alpha value is -2.51. The lowest BCUT2D eigenvalue weighted by Gasteiger charge is -2.35. The molecule has 11 heteroatoms. The molecule has 2 aliphatic rings. The molecule has 2 atom stereocenters. The Balaban J connectivity index is 1.78. The summed E-state index contributed by atoms with van der Waals surface area (Å²) in [5.74, 6) is -1.92. The van der Waals surface area contributed by atoms with Gasteiger partial charge in [0, 0.05) is 30.2 Å². The molecule has 2 unspecified atom stereocenters. The van der Waals surface area contributed by atoms with Gasteiger partial charge in [0.05, 0.1) is 12.1 Å². The van der Waals surface area contributed by atoms with Crippen LogP contribution in [0.4, 0.5) is 10.2 Å². The first kappa shape index (κ1) is 24.1. The Morgan fingerprint density at radius 1 is 1.53 bits per heavy atom. The van der Waals surface area contributed by atoms with E-state index in [1.807, 2.05) is 22.6 Å². The first-order valence-electron chi connectivity index (χ1n) is 9.93. The normalized spacial score (nSPS) is 22.9. The van der Waals surface area contributed by atoms with Crippen LogP contribution in [0.15, 0.2) is 48.5 Å². The molecule has 2 aliphatic heterocycles. The predicted octanol–water partition coefficient (Wildman–Crippen LogP) is 3.32. The molecule has 0 spiro atoms. The van der Waals surface area contributed by atoms with E-state index in [-0.39, 0.29) is 30.3 Å². The number of alkyl halides is 2. The number of anilines is 1. The Bertz CT molecular complexity index is 980. The highest BCUT2D eigenvalue weighted by molar-refractivity contribution is 14.1. The second-order valence-corrected chi connectivity index (χ2v) is 8.31. The summed E-state index contributed by atoms with van der Waals surface area (Å²) in [6, 6.07) is 1.55. The maximum atomic E-state index is 14.2. The van der Waals surface area contributed by atoms with Gasteiger partial charge >= 0.3 is 0 Å². The van der Waals surface area contributed by atoms with E-state index < -0.39 is 12.0 Å². The van der Waals surface area contributed by atoms with Gasteiger partial charge in [-0.3, -0.25) is 15.3 Å². The highest BCUT2D eigenvalue weighted by Gasteiger charge is 2.34. The van der Waals surface area contributed by atoms with Crippen LogP contribution in [0.2, 0.25) is 0 Å². The molecule has 1 aromatic heterocycles. The minimum Gasteiger partial charge on any atom is -0.653 e. The maximum Gasteiger partial charge on any atom is 0.255 e. The van der Waals surface area contributed by atoms with Crippen molar-refractivity contribution in [2.45, 2.75) is 31.7 Å². The summed E-state index contributed by atoms with van der Waals surface area (Å²) >= 11 is 2.02. The van der Waals surface area contributed by atoms with Gasteiger partial charge in [-0.2, -0.15) is 0 Å². The van der Waals surface area contributed by atoms with Crippen LogP contribution in [0.1, 0.15) is 30.1 Å². The molecule has 0 bridgehead atoms. The first-order chi connectivity index (χ1) is 15.1. The van der Waals surface area contributed by atoms with Crippen LogP contribution in [0, 0.1) is 0 Å². The van der Waals surface area contributed by atoms with E-state index in [4.69, 9.17) is 16.2 Å². The quantitative estimate of drug-likeness (QED) is 0.240. The van der Waals surface area contributed by atoms with Crippen LogP contribution in [0.3, 0.4) is 0 Å². The fourth-order valence-corrected chi connectivity index (χ4v) is 3.75. The second-order valence-electron chi connectivity index (χ2n) is 7.69. The summed E-state index contributed by atoms with van der Waals surface area (Å²) in [6.45, 7) is 5.46. The monoisotopic (exact) mass is 555 g/mol. The molecule has 0 aliphatic carbocycles. The first-order valence-corrected chi connectivity index (χ1v) is 11.5. The van der Waals surface area contributed by atoms with Crippen molar-refractivity contribution >= 4 is 40.2 Å². The number of likely N-dealkylation sites (tertiary alicyclic amines) is 1. The highest BCUT2D eigenvalue weighted by Crippen LogP contribution is 2.28. The number of pyridine rings is 1. The third-order valence-corrected chi connectivity index (χ3v) is 5.30. The number of amides is 2. The number of ether oxygens (including phenoxy) is 1. The van der Waals surface area contributed by atoms with Crippen molar-refractivity contribution in [3.8, 4) is 5.75 Å². The molecule has 1 fully saturated rings. The largest absolute Gasteiger partial charge is 0.653 e. The molecule has 0 radical (unpaired) electrons. The number of nitrogens with one attached hydrogen (secondary N) is 2. The number of nitrogens with zero attached hydrogens (tertiary/aromatic N) is 3. The number of allylic oxidation sites excluding steroid dienone is 1. The number of hydrogen-bond donors (Lipinski definition) is 2. The van der Waals surface area contributed by atoms with E-state index in [1.165, 1.54) is 22.2 Å². The minimum atomic E-state index is -1.89. The third kappa shape index (κ3) is 5.64. The average molecular weight is 555 g/mol. The van der Waals surface area contributed by atoms with Gasteiger partial charge < -0.3 is 25.6 Å². The molecule has 9 nitrogen and oxygen atoms in total. The van der Waals surface area contributed by atoms with Gasteiger partial charge in [0.1, 0.15) is 4.61 Å². The fourth-order valence-electron chi connectivity index (χ4n) is 3.41. The summed E-state index contributed by atoms with van der Waals surface area (Å²) in [4.78, 5) is 31.9. The van der Waals surface area contributed by atoms with E-state index in [0.717, 1.165) is 0 Å². The number of nitrogens with two attached hydrogens (primary N) is 1. The van der Waals surface area contributed by atoms with Gasteiger partial charge in [0.2, 0.25) is 0 Å². The van der Waals surface area contributed by atoms with Crippen molar-refractivity contribution in [3.63, 3.8) is 0 Å². The zero-order chi connectivity index (χ0) is 23.5. The lowest BCUT2D eigenvalue weighted by Crippen LogP contribution is -2.52. The average Bonchev–Trinajstić information content (AvgIpc) is 2.73. The third-order valence-electron chi connectivity index (χ3n) is 4.99. The van der Waals surface area contributed by atoms with Crippen LogP contribution >= 0.6 is 22.6 Å². The van der Waals surface area contributed by atoms with Crippen LogP contribution in [0.25, 0.3) is 5.73 Å². The van der Waals surface area contributed by atoms with Crippen molar-refractivity contribution in [2.24, 2.45) is 5.73 Å². The summed E-state index contributed by atoms with van der Waals surface area (Å²) in [6.07, 6.45) is 5.84. The molecule has 1 aromatic rings. The predicted molar refractivity (Wildman–Crippen MR) is 128 cm³/mol. The van der Waals surface area contributed by atoms with Crippen LogP contribution in [-0.2, 0) is 4.79 Å². The van der Waals surface area contributed by atoms with E-state index in [0.29, 0.717) is 40.4 Å². The molecule has 4 N–H and O–H groups in total. The fraction of sp³-hybridized carbons (Fsp3) is 0.381. The molecule has 0 aromatic carbocycles. The Morgan fingerprint density at radius 3 is 2.91 bits per heavy atom. The van der Waals surface area contributed by atoms with Gasteiger partial charge in [-0.05, 0) is 60.7 Å². The molecule has 0 saturated carbocycles. The van der Waals surface area contributed by atoms with Crippen LogP contribution in [-0.4, -0.2) is 56.3 Å². The molecular formula is C21H25FIN6O3-. The highest BCUT2D eigenvalue weighted by atomic mass is 127. The van der Waals surface area contributed by atoms with Gasteiger partial charge in [-0.1, -0.05) is 12.7 Å². The van der Waals surface area contributed by atoms with Gasteiger partial charge in [0.15, 0.2) is 17.4 Å². The number of hydrogen-bond acceptors (Lipinski definition) is 6. The van der Waals surface area contributed by atoms with Gasteiger partial charge in [-0.15, -0.1) is 0 Å². The molecule has 3 heterocycles. The lowest BCUT2D eigenvalue weighted by atomic mass is 10.0. The summed E-state index contributed by atoms with van der Waals surface area (Å²) in [5, 5.41) is 3.06. The topological polar surface area (TPSA) is 125 Å². The van der Waals surface area contributed by atoms with Crippen LogP contribution in [0.5, 0.6) is 5.75 Å². The number of carbonyl (C=O) groups excluding carboxylic acids is 2. The van der Waals surface area contributed by atoms with Crippen molar-refractivity contribution in [2.75, 3.05) is 23.0 Å². The SMILES string of the molecule is C=C(C)C(=O)N1C=CC(Nc2ncc(C(=O)N3CCCC(N)(F)C3)cc2OCI)=CC1[NH-]. The van der Waals surface area contributed by atoms with Crippen molar-refractivity contribution in [1.29, 1.82) is 0 Å². The molecule has 172 valence electrons. The van der Waals surface area contributed by atoms with Crippen molar-refractivity contribution in [1.82, 2.24) is 14.8 Å². The Labute approximate surface area is 199 Å². The van der Waals surface area contributed by atoms with Gasteiger partial charge in [0.25, 0.3) is 11.8 Å². The number of aromatic nitrogens is 1. The lowest BCUT2D eigenvalue weighted by molar-refractivity contribution is -0.125. The van der Waals surface area contributed by atoms with Gasteiger partial charge in [-0.25, -0.2) is 9.37 Å². The smallest absolute Gasteiger partial charge is 0.255 e. The standard InChI is InChI=1S/C21H25FIN6O3/c1-13(2)19(30)29-7-4-15(9-17(29)24)27-18-16(32-12-23)8-14(10-26-18)20(31)28-6-3-5-21(22,25)11-28/h4,7-10,17,24H,1,3,5-6,11-12,25H2,2H3,(H,26,27)/q-1. The summed E-state index contributed by atoms with van der Waals surface area (Å²) in [5.41, 5.74) is 14.9. The minimum absolute atomic E-state index is 0.170. The molecule has 1 saturated heterocycles. The molecular weight excluding hydrogens is 530 g/mol. The Kier molecular flexibility index (Phi) is 7.51. The van der Waals surface area contributed by atoms with E-state index in [9.17, 15) is 14.0 Å². The number of carbonyl (C=O) groups is 2. The summed E-state index contributed by atoms with van der Waals surface area (Å²) < 4.78 is 20.1. The van der Waals surface area contributed by atoms with Crippen molar-refractivity contribution in [3.05, 3.63) is 59.8 Å². The number of rotatable bonds is 6. The van der Waals surface area contributed by atoms with E-state index in [1.54, 1.807) is 25.1 Å². The van der Waals surface area contributed by atoms with Crippen LogP contribution < -0.4 is 15.8 Å². The second kappa shape index (κ2) is 9.96. The Morgan fingerprint density at radius 2 is 2.28 bits per heavy atom. The molecule has 2 amide bonds. The van der Waals surface area contributed by atoms with E-state index >= 15 is 0 Å². The summed E-state index contributed by atoms with van der Waals surface area (Å²) in [7, 11) is 0. The zero-order valence-electron chi connectivity index (χ0n) is 17.6. The zero-order valence-corrected chi connectivity index (χ0v) is 19.8.